The molecule has 0 aliphatic heterocycles. The topological polar surface area (TPSA) is 87.5 Å². The molecule has 7 nitrogen and oxygen atoms in total. The second kappa shape index (κ2) is 10.3. The van der Waals surface area contributed by atoms with Gasteiger partial charge in [-0.2, -0.15) is 0 Å². The number of thiophene rings is 1. The first-order chi connectivity index (χ1) is 14.8. The van der Waals surface area contributed by atoms with Crippen molar-refractivity contribution < 1.29 is 19.1 Å². The van der Waals surface area contributed by atoms with Crippen molar-refractivity contribution in [1.29, 1.82) is 0 Å². The molecule has 0 bridgehead atoms. The Labute approximate surface area is 192 Å². The third kappa shape index (κ3) is 5.28. The zero-order chi connectivity index (χ0) is 22.5. The molecule has 0 saturated heterocycles. The van der Waals surface area contributed by atoms with E-state index in [-0.39, 0.29) is 31.1 Å². The summed E-state index contributed by atoms with van der Waals surface area (Å²) < 4.78 is 11.6. The van der Waals surface area contributed by atoms with E-state index in [0.717, 1.165) is 28.7 Å². The number of rotatable bonds is 8. The van der Waals surface area contributed by atoms with Crippen LogP contribution in [0.3, 0.4) is 0 Å². The molecule has 0 fully saturated rings. The smallest absolute Gasteiger partial charge is 0.348 e. The Morgan fingerprint density at radius 1 is 1.23 bits per heavy atom. The molecule has 1 aromatic carbocycles. The number of halogens is 1. The molecule has 0 aliphatic carbocycles. The molecule has 31 heavy (non-hydrogen) atoms. The Bertz CT molecular complexity index is 1190. The first-order valence-corrected chi connectivity index (χ1v) is 11.8. The number of fused-ring (bicyclic) bond motifs is 1. The van der Waals surface area contributed by atoms with Crippen LogP contribution in [0.4, 0.5) is 0 Å². The Morgan fingerprint density at radius 3 is 2.65 bits per heavy atom. The van der Waals surface area contributed by atoms with Crippen molar-refractivity contribution in [3.05, 3.63) is 55.6 Å². The molecule has 0 N–H and O–H groups in total. The standard InChI is InChI=1S/C21H21ClN2O5S2/c1-4-28-15(25)11-30-21-23-18-16(12(3)17(31-18)20(27)29-5-2)19(26)24(21)10-13-7-6-8-14(22)9-13/h6-9H,4-5,10-11H2,1-3H3. The molecule has 0 atom stereocenters. The van der Waals surface area contributed by atoms with Crippen LogP contribution >= 0.6 is 34.7 Å². The quantitative estimate of drug-likeness (QED) is 0.270. The van der Waals surface area contributed by atoms with Gasteiger partial charge in [0.25, 0.3) is 5.56 Å². The van der Waals surface area contributed by atoms with Gasteiger partial charge in [-0.15, -0.1) is 11.3 Å². The number of benzene rings is 1. The monoisotopic (exact) mass is 480 g/mol. The highest BCUT2D eigenvalue weighted by Crippen LogP contribution is 2.30. The first-order valence-electron chi connectivity index (χ1n) is 9.59. The largest absolute Gasteiger partial charge is 0.465 e. The summed E-state index contributed by atoms with van der Waals surface area (Å²) in [6, 6.07) is 7.17. The number of ether oxygens (including phenoxy) is 2. The van der Waals surface area contributed by atoms with Gasteiger partial charge < -0.3 is 9.47 Å². The maximum atomic E-state index is 13.4. The Balaban J connectivity index is 2.12. The van der Waals surface area contributed by atoms with E-state index in [1.165, 1.54) is 4.57 Å². The van der Waals surface area contributed by atoms with E-state index in [1.54, 1.807) is 39.0 Å². The van der Waals surface area contributed by atoms with Gasteiger partial charge in [0.2, 0.25) is 0 Å². The Morgan fingerprint density at radius 2 is 1.97 bits per heavy atom. The highest BCUT2D eigenvalue weighted by Gasteiger charge is 2.23. The van der Waals surface area contributed by atoms with Gasteiger partial charge in [-0.25, -0.2) is 9.78 Å². The highest BCUT2D eigenvalue weighted by atomic mass is 35.5. The molecule has 3 aromatic rings. The highest BCUT2D eigenvalue weighted by molar-refractivity contribution is 7.99. The van der Waals surface area contributed by atoms with Crippen molar-refractivity contribution in [2.24, 2.45) is 0 Å². The van der Waals surface area contributed by atoms with E-state index in [9.17, 15) is 14.4 Å². The van der Waals surface area contributed by atoms with Crippen LogP contribution < -0.4 is 5.56 Å². The lowest BCUT2D eigenvalue weighted by Gasteiger charge is -2.12. The molecular formula is C21H21ClN2O5S2. The van der Waals surface area contributed by atoms with Crippen molar-refractivity contribution in [2.75, 3.05) is 19.0 Å². The van der Waals surface area contributed by atoms with Gasteiger partial charge in [0, 0.05) is 5.02 Å². The van der Waals surface area contributed by atoms with Crippen LogP contribution in [0, 0.1) is 6.92 Å². The average molecular weight is 481 g/mol. The summed E-state index contributed by atoms with van der Waals surface area (Å²) in [4.78, 5) is 43.0. The fourth-order valence-electron chi connectivity index (χ4n) is 2.98. The van der Waals surface area contributed by atoms with Crippen LogP contribution in [-0.2, 0) is 20.8 Å². The fraction of sp³-hybridized carbons (Fsp3) is 0.333. The van der Waals surface area contributed by atoms with E-state index >= 15 is 0 Å². The molecule has 2 aromatic heterocycles. The minimum atomic E-state index is -0.482. The fourth-order valence-corrected chi connectivity index (χ4v) is 5.11. The number of carbonyl (C=O) groups is 2. The average Bonchev–Trinajstić information content (AvgIpc) is 3.06. The van der Waals surface area contributed by atoms with Crippen LogP contribution in [0.15, 0.2) is 34.2 Å². The van der Waals surface area contributed by atoms with Crippen molar-refractivity contribution >= 4 is 56.9 Å². The maximum absolute atomic E-state index is 13.4. The van der Waals surface area contributed by atoms with Gasteiger partial charge in [-0.1, -0.05) is 35.5 Å². The van der Waals surface area contributed by atoms with Crippen LogP contribution in [0.5, 0.6) is 0 Å². The summed E-state index contributed by atoms with van der Waals surface area (Å²) in [5.74, 6) is -0.869. The van der Waals surface area contributed by atoms with Gasteiger partial charge in [-0.05, 0) is 44.0 Å². The van der Waals surface area contributed by atoms with Crippen molar-refractivity contribution in [3.8, 4) is 0 Å². The van der Waals surface area contributed by atoms with E-state index < -0.39 is 11.9 Å². The molecule has 2 heterocycles. The van der Waals surface area contributed by atoms with Crippen molar-refractivity contribution in [1.82, 2.24) is 9.55 Å². The normalized spacial score (nSPS) is 11.0. The lowest BCUT2D eigenvalue weighted by atomic mass is 10.2. The van der Waals surface area contributed by atoms with Gasteiger partial charge in [0.1, 0.15) is 9.71 Å². The molecule has 0 unspecified atom stereocenters. The van der Waals surface area contributed by atoms with Crippen molar-refractivity contribution in [2.45, 2.75) is 32.5 Å². The van der Waals surface area contributed by atoms with Crippen LogP contribution in [0.1, 0.15) is 34.6 Å². The molecule has 3 rings (SSSR count). The first kappa shape index (κ1) is 23.3. The third-order valence-electron chi connectivity index (χ3n) is 4.33. The van der Waals surface area contributed by atoms with E-state index in [1.807, 2.05) is 6.07 Å². The van der Waals surface area contributed by atoms with Crippen molar-refractivity contribution in [3.63, 3.8) is 0 Å². The second-order valence-corrected chi connectivity index (χ2v) is 8.84. The molecule has 0 aliphatic rings. The van der Waals surface area contributed by atoms with E-state index in [0.29, 0.717) is 30.8 Å². The SMILES string of the molecule is CCOC(=O)CSc1nc2sc(C(=O)OCC)c(C)c2c(=O)n1Cc1cccc(Cl)c1. The Hall–Kier alpha value is -2.36. The Kier molecular flexibility index (Phi) is 7.74. The summed E-state index contributed by atoms with van der Waals surface area (Å²) in [6.07, 6.45) is 0. The van der Waals surface area contributed by atoms with Gasteiger partial charge in [0.15, 0.2) is 5.16 Å². The summed E-state index contributed by atoms with van der Waals surface area (Å²) in [5.41, 5.74) is 1.06. The number of esters is 2. The van der Waals surface area contributed by atoms with Gasteiger partial charge in [0.05, 0.1) is 30.9 Å². The predicted octanol–water partition coefficient (Wildman–Crippen LogP) is 4.30. The number of thioether (sulfide) groups is 1. The zero-order valence-corrected chi connectivity index (χ0v) is 19.7. The minimum Gasteiger partial charge on any atom is -0.465 e. The number of hydrogen-bond acceptors (Lipinski definition) is 8. The number of carbonyl (C=O) groups excluding carboxylic acids is 2. The molecule has 0 saturated carbocycles. The van der Waals surface area contributed by atoms with E-state index in [4.69, 9.17) is 21.1 Å². The lowest BCUT2D eigenvalue weighted by Crippen LogP contribution is -2.24. The lowest BCUT2D eigenvalue weighted by molar-refractivity contribution is -0.139. The minimum absolute atomic E-state index is 0.0103. The maximum Gasteiger partial charge on any atom is 0.348 e. The molecule has 0 radical (unpaired) electrons. The number of nitrogens with zero attached hydrogens (tertiary/aromatic N) is 2. The third-order valence-corrected chi connectivity index (χ3v) is 6.68. The summed E-state index contributed by atoms with van der Waals surface area (Å²) >= 11 is 8.33. The number of hydrogen-bond donors (Lipinski definition) is 0. The van der Waals surface area contributed by atoms with Gasteiger partial charge >= 0.3 is 11.9 Å². The van der Waals surface area contributed by atoms with Gasteiger partial charge in [-0.3, -0.25) is 14.2 Å². The summed E-state index contributed by atoms with van der Waals surface area (Å²) in [7, 11) is 0. The molecule has 0 spiro atoms. The number of aryl methyl sites for hydroxylation is 1. The van der Waals surface area contributed by atoms with E-state index in [2.05, 4.69) is 4.98 Å². The second-order valence-electron chi connectivity index (χ2n) is 6.47. The zero-order valence-electron chi connectivity index (χ0n) is 17.3. The summed E-state index contributed by atoms with van der Waals surface area (Å²) in [6.45, 7) is 5.89. The molecule has 164 valence electrons. The van der Waals surface area contributed by atoms with Crippen LogP contribution in [0.2, 0.25) is 5.02 Å². The number of aromatic nitrogens is 2. The summed E-state index contributed by atoms with van der Waals surface area (Å²) in [5, 5.41) is 1.29. The van der Waals surface area contributed by atoms with Crippen LogP contribution in [0.25, 0.3) is 10.2 Å². The molecule has 0 amide bonds. The predicted molar refractivity (Wildman–Crippen MR) is 122 cm³/mol. The molecule has 10 heteroatoms. The molecular weight excluding hydrogens is 460 g/mol. The van der Waals surface area contributed by atoms with Crippen LogP contribution in [-0.4, -0.2) is 40.5 Å².